The van der Waals surface area contributed by atoms with Gasteiger partial charge in [-0.15, -0.1) is 0 Å². The topological polar surface area (TPSA) is 103 Å². The molecule has 7 nitrogen and oxygen atoms in total. The fraction of sp³-hybridized carbons (Fsp3) is 0.0833. The molecule has 2 aromatic rings. The van der Waals surface area contributed by atoms with E-state index in [1.807, 2.05) is 0 Å². The Labute approximate surface area is 131 Å². The zero-order chi connectivity index (χ0) is 15.6. The first kappa shape index (κ1) is 15.3. The Morgan fingerprint density at radius 1 is 1.48 bits per heavy atom. The number of carboxylic acid groups (broad SMARTS) is 1. The molecule has 21 heavy (non-hydrogen) atoms. The van der Waals surface area contributed by atoms with Crippen molar-refractivity contribution in [2.45, 2.75) is 6.61 Å². The smallest absolute Gasteiger partial charge is 0.338 e. The van der Waals surface area contributed by atoms with Crippen molar-refractivity contribution in [3.63, 3.8) is 0 Å². The second kappa shape index (κ2) is 6.15. The predicted octanol–water partition coefficient (Wildman–Crippen LogP) is 3.88. The molecule has 0 saturated heterocycles. The highest BCUT2D eigenvalue weighted by molar-refractivity contribution is 9.10. The van der Waals surface area contributed by atoms with E-state index < -0.39 is 10.9 Å². The molecule has 0 atom stereocenters. The maximum absolute atomic E-state index is 11.0. The number of rotatable bonds is 5. The lowest BCUT2D eigenvalue weighted by Gasteiger charge is -2.07. The van der Waals surface area contributed by atoms with Crippen LogP contribution in [0.1, 0.15) is 16.1 Å². The van der Waals surface area contributed by atoms with Crippen molar-refractivity contribution in [2.24, 2.45) is 0 Å². The first-order valence-corrected chi connectivity index (χ1v) is 6.62. The van der Waals surface area contributed by atoms with Gasteiger partial charge in [-0.05, 0) is 28.1 Å². The van der Waals surface area contributed by atoms with Crippen molar-refractivity contribution in [3.05, 3.63) is 55.4 Å². The van der Waals surface area contributed by atoms with Gasteiger partial charge in [0.15, 0.2) is 0 Å². The van der Waals surface area contributed by atoms with E-state index >= 15 is 0 Å². The molecular weight excluding hydrogens is 369 g/mol. The highest BCUT2D eigenvalue weighted by Gasteiger charge is 2.20. The number of carbonyl (C=O) groups is 1. The lowest BCUT2D eigenvalue weighted by Crippen LogP contribution is -1.99. The number of hydrogen-bond donors (Lipinski definition) is 1. The van der Waals surface area contributed by atoms with Gasteiger partial charge in [-0.3, -0.25) is 10.1 Å². The van der Waals surface area contributed by atoms with Gasteiger partial charge in [0.25, 0.3) is 0 Å². The van der Waals surface area contributed by atoms with Crippen LogP contribution >= 0.6 is 27.5 Å². The molecule has 0 fully saturated rings. The van der Waals surface area contributed by atoms with E-state index in [-0.39, 0.29) is 34.4 Å². The first-order chi connectivity index (χ1) is 9.88. The summed E-state index contributed by atoms with van der Waals surface area (Å²) < 4.78 is 10.6. The summed E-state index contributed by atoms with van der Waals surface area (Å²) in [6.45, 7) is -0.158. The molecule has 0 aliphatic rings. The third-order valence-electron chi connectivity index (χ3n) is 2.44. The Morgan fingerprint density at radius 3 is 2.76 bits per heavy atom. The number of benzene rings is 1. The van der Waals surface area contributed by atoms with Crippen LogP contribution in [0.4, 0.5) is 5.69 Å². The summed E-state index contributed by atoms with van der Waals surface area (Å²) in [6.07, 6.45) is 1.06. The largest absolute Gasteiger partial charge is 0.478 e. The van der Waals surface area contributed by atoms with Crippen LogP contribution in [0.3, 0.4) is 0 Å². The van der Waals surface area contributed by atoms with Crippen molar-refractivity contribution in [3.8, 4) is 5.75 Å². The van der Waals surface area contributed by atoms with Crippen LogP contribution in [0.15, 0.2) is 33.4 Å². The van der Waals surface area contributed by atoms with Gasteiger partial charge < -0.3 is 14.3 Å². The highest BCUT2D eigenvalue weighted by atomic mass is 79.9. The average molecular weight is 377 g/mol. The molecule has 2 rings (SSSR count). The van der Waals surface area contributed by atoms with Crippen LogP contribution in [0, 0.1) is 10.1 Å². The minimum Gasteiger partial charge on any atom is -0.478 e. The Morgan fingerprint density at radius 2 is 2.19 bits per heavy atom. The van der Waals surface area contributed by atoms with Crippen molar-refractivity contribution < 1.29 is 24.0 Å². The Hall–Kier alpha value is -2.06. The summed E-state index contributed by atoms with van der Waals surface area (Å²) >= 11 is 8.88. The highest BCUT2D eigenvalue weighted by Crippen LogP contribution is 2.38. The van der Waals surface area contributed by atoms with Gasteiger partial charge in [-0.1, -0.05) is 11.6 Å². The number of nitro benzene ring substituents is 1. The third kappa shape index (κ3) is 3.53. The molecule has 0 spiro atoms. The molecule has 1 aromatic carbocycles. The second-order valence-corrected chi connectivity index (χ2v) is 5.18. The van der Waals surface area contributed by atoms with Gasteiger partial charge in [0.1, 0.15) is 18.6 Å². The zero-order valence-corrected chi connectivity index (χ0v) is 12.6. The van der Waals surface area contributed by atoms with Crippen molar-refractivity contribution in [1.29, 1.82) is 0 Å². The predicted molar refractivity (Wildman–Crippen MR) is 75.8 cm³/mol. The van der Waals surface area contributed by atoms with Crippen LogP contribution in [0.2, 0.25) is 5.02 Å². The van der Waals surface area contributed by atoms with E-state index in [0.717, 1.165) is 12.3 Å². The van der Waals surface area contributed by atoms with E-state index in [2.05, 4.69) is 15.9 Å². The quantitative estimate of drug-likeness (QED) is 0.627. The Kier molecular flexibility index (Phi) is 4.49. The number of aromatic carboxylic acids is 1. The van der Waals surface area contributed by atoms with E-state index in [1.54, 1.807) is 0 Å². The molecule has 0 bridgehead atoms. The van der Waals surface area contributed by atoms with Crippen LogP contribution in [-0.4, -0.2) is 16.0 Å². The van der Waals surface area contributed by atoms with Gasteiger partial charge in [0, 0.05) is 11.1 Å². The van der Waals surface area contributed by atoms with E-state index in [9.17, 15) is 14.9 Å². The molecule has 110 valence electrons. The van der Waals surface area contributed by atoms with Gasteiger partial charge in [-0.25, -0.2) is 4.79 Å². The summed E-state index contributed by atoms with van der Waals surface area (Å²) in [6, 6.07) is 3.89. The minimum absolute atomic E-state index is 0.0160. The maximum Gasteiger partial charge on any atom is 0.338 e. The standard InChI is InChI=1S/C12H7BrClNO6/c13-9-2-7(14)3-10(15(18)19)11(9)21-5-8-1-6(4-20-8)12(16)17/h1-4H,5H2,(H,16,17). The Balaban J connectivity index is 2.23. The molecule has 0 aliphatic heterocycles. The number of hydrogen-bond acceptors (Lipinski definition) is 5. The fourth-order valence-corrected chi connectivity index (χ4v) is 2.45. The fourth-order valence-electron chi connectivity index (χ4n) is 1.54. The molecule has 0 saturated carbocycles. The van der Waals surface area contributed by atoms with Crippen LogP contribution in [-0.2, 0) is 6.61 Å². The SMILES string of the molecule is O=C(O)c1coc(COc2c(Br)cc(Cl)cc2[N+](=O)[O-])c1. The van der Waals surface area contributed by atoms with E-state index in [4.69, 9.17) is 25.9 Å². The third-order valence-corrected chi connectivity index (χ3v) is 3.25. The molecule has 0 unspecified atom stereocenters. The number of halogens is 2. The van der Waals surface area contributed by atoms with Crippen molar-refractivity contribution in [2.75, 3.05) is 0 Å². The van der Waals surface area contributed by atoms with Gasteiger partial charge in [-0.2, -0.15) is 0 Å². The first-order valence-electron chi connectivity index (χ1n) is 5.45. The molecular formula is C12H7BrClNO6. The van der Waals surface area contributed by atoms with E-state index in [1.165, 1.54) is 12.1 Å². The summed E-state index contributed by atoms with van der Waals surface area (Å²) in [5.41, 5.74) is -0.335. The van der Waals surface area contributed by atoms with Crippen LogP contribution in [0.25, 0.3) is 0 Å². The average Bonchev–Trinajstić information content (AvgIpc) is 2.85. The lowest BCUT2D eigenvalue weighted by atomic mass is 10.3. The maximum atomic E-state index is 11.0. The second-order valence-electron chi connectivity index (χ2n) is 3.89. The molecule has 9 heteroatoms. The molecule has 1 aromatic heterocycles. The monoisotopic (exact) mass is 375 g/mol. The molecule has 1 N–H and O–H groups in total. The van der Waals surface area contributed by atoms with Gasteiger partial charge >= 0.3 is 11.7 Å². The van der Waals surface area contributed by atoms with Crippen molar-refractivity contribution >= 4 is 39.2 Å². The lowest BCUT2D eigenvalue weighted by molar-refractivity contribution is -0.386. The summed E-state index contributed by atoms with van der Waals surface area (Å²) in [7, 11) is 0. The number of carboxylic acids is 1. The number of ether oxygens (including phenoxy) is 1. The van der Waals surface area contributed by atoms with E-state index in [0.29, 0.717) is 4.47 Å². The summed E-state index contributed by atoms with van der Waals surface area (Å²) in [4.78, 5) is 21.1. The Bertz CT molecular complexity index is 714. The van der Waals surface area contributed by atoms with Crippen LogP contribution < -0.4 is 4.74 Å². The van der Waals surface area contributed by atoms with Crippen LogP contribution in [0.5, 0.6) is 5.75 Å². The molecule has 0 aliphatic carbocycles. The number of furan rings is 1. The van der Waals surface area contributed by atoms with Gasteiger partial charge in [0.05, 0.1) is 15.0 Å². The van der Waals surface area contributed by atoms with Gasteiger partial charge in [0.2, 0.25) is 5.75 Å². The molecule has 0 amide bonds. The number of nitrogens with zero attached hydrogens (tertiary/aromatic N) is 1. The molecule has 1 heterocycles. The summed E-state index contributed by atoms with van der Waals surface area (Å²) in [5, 5.41) is 19.9. The number of nitro groups is 1. The zero-order valence-electron chi connectivity index (χ0n) is 10.2. The summed E-state index contributed by atoms with van der Waals surface area (Å²) in [5.74, 6) is -0.926. The van der Waals surface area contributed by atoms with Crippen molar-refractivity contribution in [1.82, 2.24) is 0 Å². The molecule has 0 radical (unpaired) electrons. The normalized spacial score (nSPS) is 10.4. The minimum atomic E-state index is -1.14.